The van der Waals surface area contributed by atoms with Crippen molar-refractivity contribution in [1.82, 2.24) is 15.0 Å². The lowest BCUT2D eigenvalue weighted by molar-refractivity contribution is 0.985. The Morgan fingerprint density at radius 1 is 1.00 bits per heavy atom. The molecule has 0 amide bonds. The third kappa shape index (κ3) is 3.31. The average Bonchev–Trinajstić information content (AvgIpc) is 2.93. The third-order valence-electron chi connectivity index (χ3n) is 3.34. The zero-order valence-electron chi connectivity index (χ0n) is 12.9. The highest BCUT2D eigenvalue weighted by atomic mass is 32.1. The van der Waals surface area contributed by atoms with E-state index in [2.05, 4.69) is 39.7 Å². The van der Waals surface area contributed by atoms with Gasteiger partial charge in [-0.3, -0.25) is 0 Å². The fourth-order valence-corrected chi connectivity index (χ4v) is 3.21. The highest BCUT2D eigenvalue weighted by molar-refractivity contribution is 7.13. The summed E-state index contributed by atoms with van der Waals surface area (Å²) in [5.74, 6) is 0.656. The monoisotopic (exact) mass is 310 g/mol. The summed E-state index contributed by atoms with van der Waals surface area (Å²) in [6.45, 7) is 6.68. The summed E-state index contributed by atoms with van der Waals surface area (Å²) >= 11 is 1.67. The van der Waals surface area contributed by atoms with E-state index in [1.54, 1.807) is 11.3 Å². The molecular weight excluding hydrogens is 292 g/mol. The number of nitrogens with one attached hydrogen (secondary N) is 1. The molecule has 2 heterocycles. The quantitative estimate of drug-likeness (QED) is 0.787. The van der Waals surface area contributed by atoms with Crippen LogP contribution in [0.4, 0.5) is 5.95 Å². The predicted octanol–water partition coefficient (Wildman–Crippen LogP) is 4.14. The molecule has 0 unspecified atom stereocenters. The van der Waals surface area contributed by atoms with Crippen LogP contribution < -0.4 is 5.32 Å². The standard InChI is InChI=1S/C17H18N4S/c1-11-6-4-5-7-15(11)16-21-14(10-22-16)9-18-17-19-12(2)8-13(3)20-17/h4-8,10H,9H2,1-3H3,(H,18,19,20). The van der Waals surface area contributed by atoms with Gasteiger partial charge in [-0.2, -0.15) is 0 Å². The van der Waals surface area contributed by atoms with E-state index in [4.69, 9.17) is 4.98 Å². The van der Waals surface area contributed by atoms with Gasteiger partial charge in [0.2, 0.25) is 5.95 Å². The van der Waals surface area contributed by atoms with Crippen LogP contribution in [0.3, 0.4) is 0 Å². The molecule has 0 spiro atoms. The van der Waals surface area contributed by atoms with Crippen molar-refractivity contribution >= 4 is 17.3 Å². The molecule has 0 saturated heterocycles. The first kappa shape index (κ1) is 14.7. The van der Waals surface area contributed by atoms with E-state index < -0.39 is 0 Å². The number of rotatable bonds is 4. The topological polar surface area (TPSA) is 50.7 Å². The molecule has 5 heteroatoms. The first-order chi connectivity index (χ1) is 10.6. The van der Waals surface area contributed by atoms with Crippen molar-refractivity contribution in [3.8, 4) is 10.6 Å². The summed E-state index contributed by atoms with van der Waals surface area (Å²) in [7, 11) is 0. The van der Waals surface area contributed by atoms with Crippen LogP contribution in [0.2, 0.25) is 0 Å². The van der Waals surface area contributed by atoms with Gasteiger partial charge in [-0.1, -0.05) is 24.3 Å². The van der Waals surface area contributed by atoms with Gasteiger partial charge < -0.3 is 5.32 Å². The van der Waals surface area contributed by atoms with E-state index in [1.165, 1.54) is 11.1 Å². The molecule has 112 valence electrons. The smallest absolute Gasteiger partial charge is 0.223 e. The first-order valence-electron chi connectivity index (χ1n) is 7.18. The van der Waals surface area contributed by atoms with Crippen LogP contribution in [0.15, 0.2) is 35.7 Å². The summed E-state index contributed by atoms with van der Waals surface area (Å²) in [6.07, 6.45) is 0. The van der Waals surface area contributed by atoms with Gasteiger partial charge in [0.25, 0.3) is 0 Å². The minimum absolute atomic E-state index is 0.630. The summed E-state index contributed by atoms with van der Waals surface area (Å²) in [4.78, 5) is 13.5. The highest BCUT2D eigenvalue weighted by Gasteiger charge is 2.07. The average molecular weight is 310 g/mol. The van der Waals surface area contributed by atoms with Gasteiger partial charge in [0.1, 0.15) is 5.01 Å². The van der Waals surface area contributed by atoms with Crippen molar-refractivity contribution in [3.05, 3.63) is 58.4 Å². The SMILES string of the molecule is Cc1cc(C)nc(NCc2csc(-c3ccccc3C)n2)n1. The van der Waals surface area contributed by atoms with E-state index in [0.717, 1.165) is 22.1 Å². The number of hydrogen-bond acceptors (Lipinski definition) is 5. The van der Waals surface area contributed by atoms with E-state index in [-0.39, 0.29) is 0 Å². The van der Waals surface area contributed by atoms with E-state index in [9.17, 15) is 0 Å². The van der Waals surface area contributed by atoms with Crippen LogP contribution in [0, 0.1) is 20.8 Å². The molecule has 4 nitrogen and oxygen atoms in total. The van der Waals surface area contributed by atoms with Gasteiger partial charge in [-0.15, -0.1) is 11.3 Å². The Labute approximate surface area is 134 Å². The lowest BCUT2D eigenvalue weighted by Crippen LogP contribution is -2.05. The molecule has 0 aliphatic rings. The Hall–Kier alpha value is -2.27. The number of benzene rings is 1. The minimum atomic E-state index is 0.630. The maximum absolute atomic E-state index is 4.70. The molecule has 22 heavy (non-hydrogen) atoms. The lowest BCUT2D eigenvalue weighted by atomic mass is 10.1. The molecule has 1 aromatic carbocycles. The van der Waals surface area contributed by atoms with Gasteiger partial charge in [-0.25, -0.2) is 15.0 Å². The van der Waals surface area contributed by atoms with Gasteiger partial charge >= 0.3 is 0 Å². The van der Waals surface area contributed by atoms with Crippen molar-refractivity contribution in [3.63, 3.8) is 0 Å². The Balaban J connectivity index is 1.73. The second-order valence-corrected chi connectivity index (χ2v) is 6.14. The summed E-state index contributed by atoms with van der Waals surface area (Å²) in [6, 6.07) is 10.3. The van der Waals surface area contributed by atoms with Crippen LogP contribution in [0.25, 0.3) is 10.6 Å². The number of hydrogen-bond donors (Lipinski definition) is 1. The summed E-state index contributed by atoms with van der Waals surface area (Å²) in [5.41, 5.74) is 5.38. The Morgan fingerprint density at radius 2 is 1.73 bits per heavy atom. The molecule has 0 saturated carbocycles. The van der Waals surface area contributed by atoms with Crippen LogP contribution in [-0.4, -0.2) is 15.0 Å². The first-order valence-corrected chi connectivity index (χ1v) is 8.06. The zero-order chi connectivity index (χ0) is 15.5. The normalized spacial score (nSPS) is 10.7. The van der Waals surface area contributed by atoms with Gasteiger partial charge in [0.15, 0.2) is 0 Å². The van der Waals surface area contributed by atoms with Crippen molar-refractivity contribution < 1.29 is 0 Å². The molecule has 0 atom stereocenters. The van der Waals surface area contributed by atoms with E-state index >= 15 is 0 Å². The number of thiazole rings is 1. The van der Waals surface area contributed by atoms with Gasteiger partial charge in [0.05, 0.1) is 12.2 Å². The molecule has 0 fully saturated rings. The number of nitrogens with zero attached hydrogens (tertiary/aromatic N) is 3. The zero-order valence-corrected chi connectivity index (χ0v) is 13.7. The maximum atomic E-state index is 4.70. The summed E-state index contributed by atoms with van der Waals surface area (Å²) < 4.78 is 0. The van der Waals surface area contributed by atoms with Gasteiger partial charge in [0, 0.05) is 22.3 Å². The van der Waals surface area contributed by atoms with E-state index in [1.807, 2.05) is 32.0 Å². The highest BCUT2D eigenvalue weighted by Crippen LogP contribution is 2.26. The lowest BCUT2D eigenvalue weighted by Gasteiger charge is -2.05. The number of aryl methyl sites for hydroxylation is 3. The van der Waals surface area contributed by atoms with Crippen LogP contribution in [0.5, 0.6) is 0 Å². The van der Waals surface area contributed by atoms with Crippen molar-refractivity contribution in [2.75, 3.05) is 5.32 Å². The van der Waals surface area contributed by atoms with Crippen LogP contribution >= 0.6 is 11.3 Å². The fraction of sp³-hybridized carbons (Fsp3) is 0.235. The van der Waals surface area contributed by atoms with Crippen LogP contribution in [0.1, 0.15) is 22.6 Å². The molecule has 3 aromatic rings. The molecule has 0 aliphatic carbocycles. The van der Waals surface area contributed by atoms with Gasteiger partial charge in [-0.05, 0) is 32.4 Å². The molecule has 2 aromatic heterocycles. The molecule has 0 bridgehead atoms. The van der Waals surface area contributed by atoms with Crippen molar-refractivity contribution in [2.24, 2.45) is 0 Å². The third-order valence-corrected chi connectivity index (χ3v) is 4.26. The minimum Gasteiger partial charge on any atom is -0.349 e. The van der Waals surface area contributed by atoms with Crippen molar-refractivity contribution in [1.29, 1.82) is 0 Å². The molecule has 0 radical (unpaired) electrons. The number of aromatic nitrogens is 3. The molecule has 1 N–H and O–H groups in total. The Kier molecular flexibility index (Phi) is 4.15. The largest absolute Gasteiger partial charge is 0.349 e. The fourth-order valence-electron chi connectivity index (χ4n) is 2.30. The summed E-state index contributed by atoms with van der Waals surface area (Å²) in [5, 5.41) is 6.38. The molecular formula is C17H18N4S. The van der Waals surface area contributed by atoms with Crippen molar-refractivity contribution in [2.45, 2.75) is 27.3 Å². The van der Waals surface area contributed by atoms with Crippen LogP contribution in [-0.2, 0) is 6.54 Å². The maximum Gasteiger partial charge on any atom is 0.223 e. The predicted molar refractivity (Wildman–Crippen MR) is 91.1 cm³/mol. The molecule has 0 aliphatic heterocycles. The Bertz CT molecular complexity index is 775. The Morgan fingerprint density at radius 3 is 2.45 bits per heavy atom. The number of anilines is 1. The second kappa shape index (κ2) is 6.23. The molecule has 3 rings (SSSR count). The van der Waals surface area contributed by atoms with E-state index in [0.29, 0.717) is 12.5 Å². The second-order valence-electron chi connectivity index (χ2n) is 5.29.